The predicted octanol–water partition coefficient (Wildman–Crippen LogP) is 2.74. The SMILES string of the molecule is C=CCNC(=O)C1(c2cc(-c3cccs3)on2)CC1. The molecule has 5 heteroatoms. The Morgan fingerprint density at radius 2 is 2.47 bits per heavy atom. The predicted molar refractivity (Wildman–Crippen MR) is 73.9 cm³/mol. The first-order valence-electron chi connectivity index (χ1n) is 6.16. The molecule has 0 bridgehead atoms. The topological polar surface area (TPSA) is 55.1 Å². The highest BCUT2D eigenvalue weighted by Gasteiger charge is 2.53. The fourth-order valence-corrected chi connectivity index (χ4v) is 2.77. The number of nitrogens with one attached hydrogen (secondary N) is 1. The van der Waals surface area contributed by atoms with Crippen molar-refractivity contribution in [3.05, 3.63) is 41.9 Å². The quantitative estimate of drug-likeness (QED) is 0.853. The van der Waals surface area contributed by atoms with E-state index in [1.165, 1.54) is 0 Å². The summed E-state index contributed by atoms with van der Waals surface area (Å²) in [4.78, 5) is 13.2. The summed E-state index contributed by atoms with van der Waals surface area (Å²) in [7, 11) is 0. The van der Waals surface area contributed by atoms with Gasteiger partial charge in [-0.2, -0.15) is 0 Å². The lowest BCUT2D eigenvalue weighted by Gasteiger charge is -2.10. The van der Waals surface area contributed by atoms with Crippen LogP contribution in [-0.4, -0.2) is 17.6 Å². The molecule has 1 fully saturated rings. The van der Waals surface area contributed by atoms with Crippen LogP contribution in [0.15, 0.2) is 40.8 Å². The molecule has 0 aromatic carbocycles. The van der Waals surface area contributed by atoms with Crippen LogP contribution in [0.4, 0.5) is 0 Å². The van der Waals surface area contributed by atoms with Crippen molar-refractivity contribution in [1.29, 1.82) is 0 Å². The molecular weight excluding hydrogens is 260 g/mol. The molecule has 0 unspecified atom stereocenters. The highest BCUT2D eigenvalue weighted by atomic mass is 32.1. The number of aromatic nitrogens is 1. The fourth-order valence-electron chi connectivity index (χ4n) is 2.09. The third kappa shape index (κ3) is 2.10. The van der Waals surface area contributed by atoms with E-state index in [-0.39, 0.29) is 5.91 Å². The van der Waals surface area contributed by atoms with Crippen molar-refractivity contribution in [3.63, 3.8) is 0 Å². The maximum atomic E-state index is 12.1. The first-order chi connectivity index (χ1) is 9.26. The van der Waals surface area contributed by atoms with Crippen LogP contribution in [0.25, 0.3) is 10.6 Å². The second-order valence-electron chi connectivity index (χ2n) is 4.63. The number of nitrogens with zero attached hydrogens (tertiary/aromatic N) is 1. The smallest absolute Gasteiger partial charge is 0.232 e. The number of rotatable bonds is 5. The molecular formula is C14H14N2O2S. The van der Waals surface area contributed by atoms with Crippen molar-refractivity contribution < 1.29 is 9.32 Å². The van der Waals surface area contributed by atoms with Gasteiger partial charge in [0.1, 0.15) is 0 Å². The Hall–Kier alpha value is -1.88. The minimum absolute atomic E-state index is 0.0124. The number of carbonyl (C=O) groups excluding carboxylic acids is 1. The lowest BCUT2D eigenvalue weighted by atomic mass is 10.0. The molecule has 0 spiro atoms. The molecule has 2 aromatic rings. The van der Waals surface area contributed by atoms with Crippen molar-refractivity contribution in [2.45, 2.75) is 18.3 Å². The summed E-state index contributed by atoms with van der Waals surface area (Å²) in [6.45, 7) is 4.08. The Kier molecular flexibility index (Phi) is 2.98. The Balaban J connectivity index is 1.83. The van der Waals surface area contributed by atoms with Gasteiger partial charge in [-0.1, -0.05) is 17.3 Å². The van der Waals surface area contributed by atoms with Crippen LogP contribution in [-0.2, 0) is 10.2 Å². The summed E-state index contributed by atoms with van der Waals surface area (Å²) in [6.07, 6.45) is 3.33. The van der Waals surface area contributed by atoms with Crippen molar-refractivity contribution in [2.24, 2.45) is 0 Å². The van der Waals surface area contributed by atoms with Gasteiger partial charge in [0.15, 0.2) is 5.76 Å². The Labute approximate surface area is 115 Å². The number of hydrogen-bond donors (Lipinski definition) is 1. The van der Waals surface area contributed by atoms with Crippen LogP contribution in [0.1, 0.15) is 18.5 Å². The van der Waals surface area contributed by atoms with E-state index in [1.807, 2.05) is 23.6 Å². The van der Waals surface area contributed by atoms with Crippen molar-refractivity contribution in [1.82, 2.24) is 10.5 Å². The number of hydrogen-bond acceptors (Lipinski definition) is 4. The van der Waals surface area contributed by atoms with Crippen LogP contribution in [0.3, 0.4) is 0 Å². The zero-order valence-electron chi connectivity index (χ0n) is 10.4. The zero-order chi connectivity index (χ0) is 13.3. The van der Waals surface area contributed by atoms with Gasteiger partial charge in [0, 0.05) is 12.6 Å². The molecule has 0 radical (unpaired) electrons. The van der Waals surface area contributed by atoms with Crippen molar-refractivity contribution >= 4 is 17.2 Å². The molecule has 19 heavy (non-hydrogen) atoms. The normalized spacial score (nSPS) is 16.0. The Morgan fingerprint density at radius 3 is 3.11 bits per heavy atom. The minimum atomic E-state index is -0.484. The molecule has 1 saturated carbocycles. The third-order valence-corrected chi connectivity index (χ3v) is 4.24. The van der Waals surface area contributed by atoms with Gasteiger partial charge in [-0.25, -0.2) is 0 Å². The third-order valence-electron chi connectivity index (χ3n) is 3.36. The van der Waals surface area contributed by atoms with Crippen LogP contribution >= 0.6 is 11.3 Å². The van der Waals surface area contributed by atoms with Crippen LogP contribution in [0, 0.1) is 0 Å². The van der Waals surface area contributed by atoms with Crippen molar-refractivity contribution in [3.8, 4) is 10.6 Å². The summed E-state index contributed by atoms with van der Waals surface area (Å²) < 4.78 is 5.35. The van der Waals surface area contributed by atoms with Gasteiger partial charge in [-0.05, 0) is 24.3 Å². The molecule has 1 aliphatic rings. The van der Waals surface area contributed by atoms with E-state index in [0.717, 1.165) is 29.2 Å². The van der Waals surface area contributed by atoms with Gasteiger partial charge in [0.2, 0.25) is 5.91 Å². The van der Waals surface area contributed by atoms with Gasteiger partial charge < -0.3 is 9.84 Å². The Morgan fingerprint density at radius 1 is 1.63 bits per heavy atom. The monoisotopic (exact) mass is 274 g/mol. The summed E-state index contributed by atoms with van der Waals surface area (Å²) >= 11 is 1.60. The minimum Gasteiger partial charge on any atom is -0.355 e. The first kappa shape index (κ1) is 12.2. The molecule has 4 nitrogen and oxygen atoms in total. The van der Waals surface area contributed by atoms with E-state index >= 15 is 0 Å². The average Bonchev–Trinajstić information content (AvgIpc) is 2.88. The molecule has 0 saturated heterocycles. The molecule has 98 valence electrons. The van der Waals surface area contributed by atoms with Crippen molar-refractivity contribution in [2.75, 3.05) is 6.54 Å². The van der Waals surface area contributed by atoms with Gasteiger partial charge in [-0.15, -0.1) is 17.9 Å². The lowest BCUT2D eigenvalue weighted by molar-refractivity contribution is -0.123. The summed E-state index contributed by atoms with van der Waals surface area (Å²) in [5, 5.41) is 8.91. The molecule has 1 amide bonds. The highest BCUT2D eigenvalue weighted by molar-refractivity contribution is 7.13. The van der Waals surface area contributed by atoms with Gasteiger partial charge in [0.05, 0.1) is 16.0 Å². The fraction of sp³-hybridized carbons (Fsp3) is 0.286. The highest BCUT2D eigenvalue weighted by Crippen LogP contribution is 2.48. The van der Waals surface area contributed by atoms with E-state index in [9.17, 15) is 4.79 Å². The van der Waals surface area contributed by atoms with E-state index in [2.05, 4.69) is 17.1 Å². The summed E-state index contributed by atoms with van der Waals surface area (Å²) in [5.41, 5.74) is 0.250. The standard InChI is InChI=1S/C14H14N2O2S/c1-2-7-15-13(17)14(5-6-14)12-9-10(18-16-12)11-4-3-8-19-11/h2-4,8-9H,1,5-7H2,(H,15,17). The average molecular weight is 274 g/mol. The molecule has 3 rings (SSSR count). The maximum absolute atomic E-state index is 12.1. The lowest BCUT2D eigenvalue weighted by Crippen LogP contribution is -2.34. The van der Waals surface area contributed by atoms with Gasteiger partial charge in [-0.3, -0.25) is 4.79 Å². The number of thiophene rings is 1. The van der Waals surface area contributed by atoms with Crippen LogP contribution in [0.2, 0.25) is 0 Å². The number of amides is 1. The van der Waals surface area contributed by atoms with Gasteiger partial charge >= 0.3 is 0 Å². The summed E-state index contributed by atoms with van der Waals surface area (Å²) in [5.74, 6) is 0.742. The van der Waals surface area contributed by atoms with Crippen LogP contribution in [0.5, 0.6) is 0 Å². The second kappa shape index (κ2) is 4.66. The molecule has 2 heterocycles. The Bertz CT molecular complexity index is 597. The maximum Gasteiger partial charge on any atom is 0.232 e. The molecule has 0 aliphatic heterocycles. The first-order valence-corrected chi connectivity index (χ1v) is 7.04. The molecule has 0 atom stereocenters. The molecule has 2 aromatic heterocycles. The molecule has 1 aliphatic carbocycles. The molecule has 1 N–H and O–H groups in total. The summed E-state index contributed by atoms with van der Waals surface area (Å²) in [6, 6.07) is 5.82. The largest absolute Gasteiger partial charge is 0.355 e. The van der Waals surface area contributed by atoms with E-state index < -0.39 is 5.41 Å². The number of carbonyl (C=O) groups is 1. The van der Waals surface area contributed by atoms with E-state index in [4.69, 9.17) is 4.52 Å². The van der Waals surface area contributed by atoms with Crippen LogP contribution < -0.4 is 5.32 Å². The zero-order valence-corrected chi connectivity index (χ0v) is 11.2. The van der Waals surface area contributed by atoms with E-state index in [1.54, 1.807) is 17.4 Å². The van der Waals surface area contributed by atoms with Gasteiger partial charge in [0.25, 0.3) is 0 Å². The second-order valence-corrected chi connectivity index (χ2v) is 5.58. The van der Waals surface area contributed by atoms with E-state index in [0.29, 0.717) is 6.54 Å².